The molecule has 0 aliphatic carbocycles. The van der Waals surface area contributed by atoms with E-state index >= 15 is 0 Å². The van der Waals surface area contributed by atoms with E-state index in [-0.39, 0.29) is 28.5 Å². The predicted molar refractivity (Wildman–Crippen MR) is 103 cm³/mol. The van der Waals surface area contributed by atoms with Crippen LogP contribution in [0.15, 0.2) is 24.3 Å². The Morgan fingerprint density at radius 3 is 2.96 bits per heavy atom. The Bertz CT molecular complexity index is 781. The molecule has 0 unspecified atom stereocenters. The van der Waals surface area contributed by atoms with Gasteiger partial charge in [-0.3, -0.25) is 9.59 Å². The van der Waals surface area contributed by atoms with Crippen LogP contribution < -0.4 is 15.0 Å². The minimum absolute atomic E-state index is 0.0405. The van der Waals surface area contributed by atoms with E-state index in [2.05, 4.69) is 10.1 Å². The molecule has 4 rings (SSSR count). The number of hydrogen-bond donors (Lipinski definition) is 1. The van der Waals surface area contributed by atoms with E-state index in [9.17, 15) is 18.4 Å². The maximum Gasteiger partial charge on any atom is 0.387 e. The standard InChI is InChI=1S/C19H23F2N3O3S/c1-19-8-6-16(25)24(19)14(11-28-19)17(26)22-12-7-9-23(10-12)13-4-2-3-5-15(13)27-18(20)21/h2-5,12,14,18H,6-11H2,1H3,(H,22,26)/t12-,14-,19-/m0/s1. The molecule has 9 heteroatoms. The number of thioether (sulfide) groups is 1. The number of nitrogens with one attached hydrogen (secondary N) is 1. The number of hydrogen-bond acceptors (Lipinski definition) is 5. The summed E-state index contributed by atoms with van der Waals surface area (Å²) in [5.74, 6) is 0.652. The number of carbonyl (C=O) groups is 2. The largest absolute Gasteiger partial charge is 0.433 e. The molecule has 28 heavy (non-hydrogen) atoms. The highest BCUT2D eigenvalue weighted by atomic mass is 32.2. The number of halogens is 2. The summed E-state index contributed by atoms with van der Waals surface area (Å²) in [6.45, 7) is 0.286. The average Bonchev–Trinajstić information content (AvgIpc) is 3.31. The normalized spacial score (nSPS) is 29.5. The molecule has 2 amide bonds. The van der Waals surface area contributed by atoms with Crippen molar-refractivity contribution in [1.29, 1.82) is 0 Å². The van der Waals surface area contributed by atoms with E-state index in [1.807, 2.05) is 11.8 Å². The minimum Gasteiger partial charge on any atom is -0.433 e. The smallest absolute Gasteiger partial charge is 0.387 e. The number of para-hydroxylation sites is 2. The number of benzene rings is 1. The average molecular weight is 411 g/mol. The Morgan fingerprint density at radius 2 is 2.18 bits per heavy atom. The van der Waals surface area contributed by atoms with Crippen molar-refractivity contribution < 1.29 is 23.1 Å². The molecule has 3 heterocycles. The van der Waals surface area contributed by atoms with Gasteiger partial charge in [-0.2, -0.15) is 8.78 Å². The number of fused-ring (bicyclic) bond motifs is 1. The summed E-state index contributed by atoms with van der Waals surface area (Å²) < 4.78 is 29.9. The zero-order chi connectivity index (χ0) is 19.9. The zero-order valence-corrected chi connectivity index (χ0v) is 16.4. The molecule has 3 fully saturated rings. The summed E-state index contributed by atoms with van der Waals surface area (Å²) in [5, 5.41) is 3.05. The zero-order valence-electron chi connectivity index (χ0n) is 15.6. The summed E-state index contributed by atoms with van der Waals surface area (Å²) in [7, 11) is 0. The Labute approximate surface area is 166 Å². The number of amides is 2. The van der Waals surface area contributed by atoms with E-state index in [1.165, 1.54) is 6.07 Å². The SMILES string of the molecule is C[C@]12CCC(=O)N1[C@H](C(=O)N[C@H]1CCN(c3ccccc3OC(F)F)C1)CS2. The van der Waals surface area contributed by atoms with E-state index in [0.717, 1.165) is 6.42 Å². The maximum absolute atomic E-state index is 12.8. The molecule has 0 bridgehead atoms. The van der Waals surface area contributed by atoms with Crippen LogP contribution >= 0.6 is 11.8 Å². The topological polar surface area (TPSA) is 61.9 Å². The van der Waals surface area contributed by atoms with Gasteiger partial charge in [-0.1, -0.05) is 12.1 Å². The third-order valence-electron chi connectivity index (χ3n) is 5.70. The van der Waals surface area contributed by atoms with Gasteiger partial charge < -0.3 is 19.9 Å². The van der Waals surface area contributed by atoms with Gasteiger partial charge in [0.2, 0.25) is 11.8 Å². The number of carbonyl (C=O) groups excluding carboxylic acids is 2. The molecule has 0 saturated carbocycles. The molecule has 0 spiro atoms. The van der Waals surface area contributed by atoms with Gasteiger partial charge in [-0.15, -0.1) is 11.8 Å². The number of alkyl halides is 2. The van der Waals surface area contributed by atoms with E-state index in [1.54, 1.807) is 34.9 Å². The second kappa shape index (κ2) is 7.42. The van der Waals surface area contributed by atoms with Crippen LogP contribution in [0.25, 0.3) is 0 Å². The van der Waals surface area contributed by atoms with Crippen molar-refractivity contribution in [2.24, 2.45) is 0 Å². The number of rotatable bonds is 5. The van der Waals surface area contributed by atoms with Gasteiger partial charge in [0, 0.05) is 31.3 Å². The molecule has 3 saturated heterocycles. The second-order valence-electron chi connectivity index (χ2n) is 7.55. The third-order valence-corrected chi connectivity index (χ3v) is 7.21. The van der Waals surface area contributed by atoms with Gasteiger partial charge in [0.05, 0.1) is 10.6 Å². The van der Waals surface area contributed by atoms with Crippen LogP contribution in [0.3, 0.4) is 0 Å². The fourth-order valence-electron chi connectivity index (χ4n) is 4.32. The Hall–Kier alpha value is -2.03. The lowest BCUT2D eigenvalue weighted by molar-refractivity contribution is -0.138. The highest BCUT2D eigenvalue weighted by Crippen LogP contribution is 2.47. The fraction of sp³-hybridized carbons (Fsp3) is 0.579. The highest BCUT2D eigenvalue weighted by molar-refractivity contribution is 8.01. The fourth-order valence-corrected chi connectivity index (χ4v) is 5.75. The number of anilines is 1. The van der Waals surface area contributed by atoms with E-state index < -0.39 is 12.7 Å². The highest BCUT2D eigenvalue weighted by Gasteiger charge is 2.53. The van der Waals surface area contributed by atoms with Crippen molar-refractivity contribution in [2.45, 2.75) is 49.8 Å². The third kappa shape index (κ3) is 3.52. The molecule has 1 N–H and O–H groups in total. The molecule has 0 radical (unpaired) electrons. The Balaban J connectivity index is 1.39. The summed E-state index contributed by atoms with van der Waals surface area (Å²) >= 11 is 1.66. The Kier molecular flexibility index (Phi) is 5.11. The van der Waals surface area contributed by atoms with Crippen LogP contribution in [0.5, 0.6) is 5.75 Å². The van der Waals surface area contributed by atoms with Gasteiger partial charge in [-0.05, 0) is 31.9 Å². The van der Waals surface area contributed by atoms with Crippen LogP contribution in [0, 0.1) is 0 Å². The molecule has 3 aliphatic heterocycles. The predicted octanol–water partition coefficient (Wildman–Crippen LogP) is 2.44. The van der Waals surface area contributed by atoms with Crippen molar-refractivity contribution in [3.05, 3.63) is 24.3 Å². The minimum atomic E-state index is -2.88. The van der Waals surface area contributed by atoms with Crippen molar-refractivity contribution in [1.82, 2.24) is 10.2 Å². The van der Waals surface area contributed by atoms with Gasteiger partial charge in [-0.25, -0.2) is 0 Å². The van der Waals surface area contributed by atoms with Crippen LogP contribution in [0.4, 0.5) is 14.5 Å². The van der Waals surface area contributed by atoms with Crippen LogP contribution in [0.2, 0.25) is 0 Å². The molecule has 1 aromatic rings. The van der Waals surface area contributed by atoms with Gasteiger partial charge >= 0.3 is 6.61 Å². The summed E-state index contributed by atoms with van der Waals surface area (Å²) in [6, 6.07) is 6.15. The molecule has 3 atom stereocenters. The first kappa shape index (κ1) is 19.3. The summed E-state index contributed by atoms with van der Waals surface area (Å²) in [4.78, 5) is 28.5. The molecule has 0 aromatic heterocycles. The molecular formula is C19H23F2N3O3S. The van der Waals surface area contributed by atoms with E-state index in [0.29, 0.717) is 37.4 Å². The molecular weight excluding hydrogens is 388 g/mol. The van der Waals surface area contributed by atoms with Gasteiger partial charge in [0.1, 0.15) is 11.8 Å². The van der Waals surface area contributed by atoms with Crippen LogP contribution in [-0.4, -0.2) is 59.1 Å². The van der Waals surface area contributed by atoms with Crippen LogP contribution in [0.1, 0.15) is 26.2 Å². The first-order valence-electron chi connectivity index (χ1n) is 9.43. The monoisotopic (exact) mass is 411 g/mol. The van der Waals surface area contributed by atoms with Gasteiger partial charge in [0.25, 0.3) is 0 Å². The van der Waals surface area contributed by atoms with Gasteiger partial charge in [0.15, 0.2) is 0 Å². The summed E-state index contributed by atoms with van der Waals surface area (Å²) in [5.41, 5.74) is 0.596. The maximum atomic E-state index is 12.8. The second-order valence-corrected chi connectivity index (χ2v) is 9.05. The molecule has 3 aliphatic rings. The van der Waals surface area contributed by atoms with E-state index in [4.69, 9.17) is 0 Å². The van der Waals surface area contributed by atoms with Crippen molar-refractivity contribution in [3.63, 3.8) is 0 Å². The lowest BCUT2D eigenvalue weighted by Gasteiger charge is -2.30. The summed E-state index contributed by atoms with van der Waals surface area (Å²) in [6.07, 6.45) is 1.98. The lowest BCUT2D eigenvalue weighted by atomic mass is 10.2. The first-order valence-corrected chi connectivity index (χ1v) is 10.4. The number of nitrogens with zero attached hydrogens (tertiary/aromatic N) is 2. The molecule has 1 aromatic carbocycles. The van der Waals surface area contributed by atoms with Crippen molar-refractivity contribution in [2.75, 3.05) is 23.7 Å². The van der Waals surface area contributed by atoms with Crippen molar-refractivity contribution in [3.8, 4) is 5.75 Å². The molecule has 152 valence electrons. The lowest BCUT2D eigenvalue weighted by Crippen LogP contribution is -2.52. The van der Waals surface area contributed by atoms with Crippen LogP contribution in [-0.2, 0) is 9.59 Å². The Morgan fingerprint density at radius 1 is 1.39 bits per heavy atom. The molecule has 6 nitrogen and oxygen atoms in total. The first-order chi connectivity index (χ1) is 13.4. The quantitative estimate of drug-likeness (QED) is 0.807. The van der Waals surface area contributed by atoms with Crippen molar-refractivity contribution >= 4 is 29.3 Å². The number of ether oxygens (including phenoxy) is 1.